The van der Waals surface area contributed by atoms with Gasteiger partial charge in [-0.25, -0.2) is 0 Å². The molecule has 0 aliphatic rings. The van der Waals surface area contributed by atoms with Crippen LogP contribution in [0.4, 0.5) is 5.69 Å². The third-order valence-electron chi connectivity index (χ3n) is 2.97. The monoisotopic (exact) mass is 248 g/mol. The maximum absolute atomic E-state index is 11.8. The minimum Gasteiger partial charge on any atom is -0.374 e. The Morgan fingerprint density at radius 2 is 1.83 bits per heavy atom. The highest BCUT2D eigenvalue weighted by molar-refractivity contribution is 5.84. The standard InChI is InChI=1S/C15H24N2O/c1-10(2)9-16-15(18)13(5)17-14-7-6-11(3)12(4)8-14/h6-8,10,13,17H,9H2,1-5H3,(H,16,18). The Labute approximate surface area is 110 Å². The minimum atomic E-state index is -0.217. The number of hydrogen-bond acceptors (Lipinski definition) is 2. The fourth-order valence-electron chi connectivity index (χ4n) is 1.60. The van der Waals surface area contributed by atoms with E-state index in [1.54, 1.807) is 0 Å². The van der Waals surface area contributed by atoms with Crippen LogP contribution in [0.15, 0.2) is 18.2 Å². The quantitative estimate of drug-likeness (QED) is 0.841. The van der Waals surface area contributed by atoms with Crippen LogP contribution in [0.2, 0.25) is 0 Å². The van der Waals surface area contributed by atoms with E-state index in [0.717, 1.165) is 12.2 Å². The van der Waals surface area contributed by atoms with E-state index in [4.69, 9.17) is 0 Å². The van der Waals surface area contributed by atoms with Crippen molar-refractivity contribution in [2.24, 2.45) is 5.92 Å². The molecule has 0 aromatic heterocycles. The normalized spacial score (nSPS) is 12.3. The van der Waals surface area contributed by atoms with Crippen LogP contribution >= 0.6 is 0 Å². The highest BCUT2D eigenvalue weighted by atomic mass is 16.2. The van der Waals surface area contributed by atoms with Gasteiger partial charge in [-0.2, -0.15) is 0 Å². The smallest absolute Gasteiger partial charge is 0.242 e. The Bertz CT molecular complexity index is 413. The molecule has 0 saturated heterocycles. The molecule has 100 valence electrons. The van der Waals surface area contributed by atoms with Crippen molar-refractivity contribution in [3.63, 3.8) is 0 Å². The van der Waals surface area contributed by atoms with Gasteiger partial charge in [0.05, 0.1) is 0 Å². The number of anilines is 1. The van der Waals surface area contributed by atoms with Crippen molar-refractivity contribution in [2.75, 3.05) is 11.9 Å². The molecule has 1 rings (SSSR count). The number of carbonyl (C=O) groups excluding carboxylic acids is 1. The minimum absolute atomic E-state index is 0.0435. The van der Waals surface area contributed by atoms with Crippen LogP contribution in [-0.2, 0) is 4.79 Å². The Hall–Kier alpha value is -1.51. The predicted octanol–water partition coefficient (Wildman–Crippen LogP) is 2.88. The first-order valence-corrected chi connectivity index (χ1v) is 6.51. The average Bonchev–Trinajstić information content (AvgIpc) is 2.30. The SMILES string of the molecule is Cc1ccc(NC(C)C(=O)NCC(C)C)cc1C. The van der Waals surface area contributed by atoms with Crippen molar-refractivity contribution < 1.29 is 4.79 Å². The van der Waals surface area contributed by atoms with E-state index in [0.29, 0.717) is 5.92 Å². The topological polar surface area (TPSA) is 41.1 Å². The third kappa shape index (κ3) is 4.40. The van der Waals surface area contributed by atoms with Gasteiger partial charge in [0.15, 0.2) is 0 Å². The molecule has 1 aromatic rings. The van der Waals surface area contributed by atoms with Crippen LogP contribution in [0.25, 0.3) is 0 Å². The van der Waals surface area contributed by atoms with Crippen molar-refractivity contribution in [1.29, 1.82) is 0 Å². The molecule has 0 radical (unpaired) electrons. The Balaban J connectivity index is 2.55. The predicted molar refractivity (Wildman–Crippen MR) is 76.8 cm³/mol. The highest BCUT2D eigenvalue weighted by Gasteiger charge is 2.12. The van der Waals surface area contributed by atoms with Gasteiger partial charge in [0, 0.05) is 12.2 Å². The van der Waals surface area contributed by atoms with E-state index in [9.17, 15) is 4.79 Å². The summed E-state index contributed by atoms with van der Waals surface area (Å²) in [7, 11) is 0. The molecular weight excluding hydrogens is 224 g/mol. The molecule has 0 aliphatic heterocycles. The zero-order valence-electron chi connectivity index (χ0n) is 12.0. The Morgan fingerprint density at radius 1 is 1.17 bits per heavy atom. The number of aryl methyl sites for hydroxylation is 2. The van der Waals surface area contributed by atoms with Crippen LogP contribution in [-0.4, -0.2) is 18.5 Å². The van der Waals surface area contributed by atoms with E-state index in [-0.39, 0.29) is 11.9 Å². The lowest BCUT2D eigenvalue weighted by molar-refractivity contribution is -0.121. The molecular formula is C15H24N2O. The molecule has 1 aromatic carbocycles. The maximum atomic E-state index is 11.8. The van der Waals surface area contributed by atoms with Gasteiger partial charge in [-0.05, 0) is 49.9 Å². The zero-order valence-corrected chi connectivity index (χ0v) is 12.0. The van der Waals surface area contributed by atoms with Crippen molar-refractivity contribution in [3.8, 4) is 0 Å². The second-order valence-corrected chi connectivity index (χ2v) is 5.30. The molecule has 3 heteroatoms. The largest absolute Gasteiger partial charge is 0.374 e. The number of carbonyl (C=O) groups is 1. The summed E-state index contributed by atoms with van der Waals surface area (Å²) in [5, 5.41) is 6.15. The molecule has 3 nitrogen and oxygen atoms in total. The summed E-state index contributed by atoms with van der Waals surface area (Å²) >= 11 is 0. The molecule has 18 heavy (non-hydrogen) atoms. The van der Waals surface area contributed by atoms with Gasteiger partial charge in [-0.1, -0.05) is 19.9 Å². The summed E-state index contributed by atoms with van der Waals surface area (Å²) in [5.41, 5.74) is 3.48. The van der Waals surface area contributed by atoms with E-state index in [2.05, 4.69) is 50.5 Å². The first-order chi connectivity index (χ1) is 8.40. The summed E-state index contributed by atoms with van der Waals surface area (Å²) in [6, 6.07) is 5.93. The fourth-order valence-corrected chi connectivity index (χ4v) is 1.60. The van der Waals surface area contributed by atoms with Crippen LogP contribution in [0.5, 0.6) is 0 Å². The second-order valence-electron chi connectivity index (χ2n) is 5.30. The summed E-state index contributed by atoms with van der Waals surface area (Å²) in [6.07, 6.45) is 0. The number of hydrogen-bond donors (Lipinski definition) is 2. The molecule has 1 unspecified atom stereocenters. The Kier molecular flexibility index (Phi) is 5.20. The molecule has 0 fully saturated rings. The van der Waals surface area contributed by atoms with E-state index in [1.165, 1.54) is 11.1 Å². The van der Waals surface area contributed by atoms with Gasteiger partial charge in [0.2, 0.25) is 5.91 Å². The summed E-state index contributed by atoms with van der Waals surface area (Å²) in [4.78, 5) is 11.8. The lowest BCUT2D eigenvalue weighted by Crippen LogP contribution is -2.39. The zero-order chi connectivity index (χ0) is 13.7. The van der Waals surface area contributed by atoms with E-state index in [1.807, 2.05) is 13.0 Å². The van der Waals surface area contributed by atoms with E-state index < -0.39 is 0 Å². The van der Waals surface area contributed by atoms with E-state index >= 15 is 0 Å². The van der Waals surface area contributed by atoms with Gasteiger partial charge < -0.3 is 10.6 Å². The van der Waals surface area contributed by atoms with Crippen molar-refractivity contribution in [1.82, 2.24) is 5.32 Å². The van der Waals surface area contributed by atoms with Crippen LogP contribution < -0.4 is 10.6 Å². The molecule has 0 spiro atoms. The van der Waals surface area contributed by atoms with Crippen LogP contribution in [0, 0.1) is 19.8 Å². The number of rotatable bonds is 5. The summed E-state index contributed by atoms with van der Waals surface area (Å²) in [6.45, 7) is 10.9. The highest BCUT2D eigenvalue weighted by Crippen LogP contribution is 2.14. The van der Waals surface area contributed by atoms with Crippen molar-refractivity contribution in [2.45, 2.75) is 40.7 Å². The summed E-state index contributed by atoms with van der Waals surface area (Å²) < 4.78 is 0. The van der Waals surface area contributed by atoms with Gasteiger partial charge >= 0.3 is 0 Å². The molecule has 0 aliphatic carbocycles. The number of nitrogens with one attached hydrogen (secondary N) is 2. The number of amides is 1. The van der Waals surface area contributed by atoms with Gasteiger partial charge in [0.1, 0.15) is 6.04 Å². The second kappa shape index (κ2) is 6.43. The van der Waals surface area contributed by atoms with Crippen molar-refractivity contribution in [3.05, 3.63) is 29.3 Å². The maximum Gasteiger partial charge on any atom is 0.242 e. The molecule has 0 saturated carbocycles. The van der Waals surface area contributed by atoms with Crippen LogP contribution in [0.3, 0.4) is 0 Å². The molecule has 1 amide bonds. The van der Waals surface area contributed by atoms with Crippen molar-refractivity contribution >= 4 is 11.6 Å². The first kappa shape index (κ1) is 14.6. The third-order valence-corrected chi connectivity index (χ3v) is 2.97. The average molecular weight is 248 g/mol. The van der Waals surface area contributed by atoms with Gasteiger partial charge in [0.25, 0.3) is 0 Å². The first-order valence-electron chi connectivity index (χ1n) is 6.51. The lowest BCUT2D eigenvalue weighted by atomic mass is 10.1. The Morgan fingerprint density at radius 3 is 2.39 bits per heavy atom. The fraction of sp³-hybridized carbons (Fsp3) is 0.533. The van der Waals surface area contributed by atoms with Gasteiger partial charge in [-0.3, -0.25) is 4.79 Å². The van der Waals surface area contributed by atoms with Gasteiger partial charge in [-0.15, -0.1) is 0 Å². The molecule has 1 atom stereocenters. The van der Waals surface area contributed by atoms with Crippen LogP contribution in [0.1, 0.15) is 31.9 Å². The summed E-state index contributed by atoms with van der Waals surface area (Å²) in [5.74, 6) is 0.518. The molecule has 2 N–H and O–H groups in total. The number of benzene rings is 1. The molecule has 0 heterocycles. The lowest BCUT2D eigenvalue weighted by Gasteiger charge is -2.17. The molecule has 0 bridgehead atoms.